The van der Waals surface area contributed by atoms with Gasteiger partial charge < -0.3 is 14.6 Å². The standard InChI is InChI=1S/C26H22INO3/c1-2-30-24-16-19(15-22(27)26(24)31-17-18-7-4-3-5-8-18)11-13-21-14-12-20-9-6-10-23(29)25(20)28-21/h3-16,29H,2,17H2,1H3/b13-11+. The van der Waals surface area contributed by atoms with Crippen LogP contribution in [0, 0.1) is 3.57 Å². The van der Waals surface area contributed by atoms with Crippen molar-refractivity contribution in [1.29, 1.82) is 0 Å². The van der Waals surface area contributed by atoms with Gasteiger partial charge in [-0.2, -0.15) is 0 Å². The second-order valence-corrected chi connectivity index (χ2v) is 8.12. The summed E-state index contributed by atoms with van der Waals surface area (Å²) in [6.45, 7) is 2.99. The fraction of sp³-hybridized carbons (Fsp3) is 0.115. The maximum Gasteiger partial charge on any atom is 0.175 e. The van der Waals surface area contributed by atoms with Crippen molar-refractivity contribution < 1.29 is 14.6 Å². The molecule has 4 aromatic rings. The summed E-state index contributed by atoms with van der Waals surface area (Å²) >= 11 is 2.28. The first-order valence-electron chi connectivity index (χ1n) is 10.0. The first-order valence-corrected chi connectivity index (χ1v) is 11.1. The Kier molecular flexibility index (Phi) is 6.72. The quantitative estimate of drug-likeness (QED) is 0.274. The summed E-state index contributed by atoms with van der Waals surface area (Å²) in [6, 6.07) is 23.4. The summed E-state index contributed by atoms with van der Waals surface area (Å²) in [5.41, 5.74) is 3.46. The van der Waals surface area contributed by atoms with Gasteiger partial charge in [0, 0.05) is 5.39 Å². The fourth-order valence-corrected chi connectivity index (χ4v) is 4.02. The Hall–Kier alpha value is -3.06. The number of hydrogen-bond acceptors (Lipinski definition) is 4. The maximum absolute atomic E-state index is 10.1. The Labute approximate surface area is 195 Å². The number of pyridine rings is 1. The fourth-order valence-electron chi connectivity index (χ4n) is 3.24. The van der Waals surface area contributed by atoms with Crippen molar-refractivity contribution in [1.82, 2.24) is 4.98 Å². The van der Waals surface area contributed by atoms with Crippen LogP contribution in [0.5, 0.6) is 17.2 Å². The number of para-hydroxylation sites is 1. The topological polar surface area (TPSA) is 51.6 Å². The number of fused-ring (bicyclic) bond motifs is 1. The number of benzene rings is 3. The van der Waals surface area contributed by atoms with Gasteiger partial charge in [0.1, 0.15) is 17.9 Å². The van der Waals surface area contributed by atoms with Gasteiger partial charge in [0.2, 0.25) is 0 Å². The minimum atomic E-state index is 0.181. The van der Waals surface area contributed by atoms with Crippen molar-refractivity contribution in [3.05, 3.63) is 93.2 Å². The molecular formula is C26H22INO3. The zero-order valence-corrected chi connectivity index (χ0v) is 19.2. The Morgan fingerprint density at radius 2 is 1.77 bits per heavy atom. The van der Waals surface area contributed by atoms with Crippen molar-refractivity contribution in [3.8, 4) is 17.2 Å². The Balaban J connectivity index is 1.59. The van der Waals surface area contributed by atoms with Crippen LogP contribution in [0.2, 0.25) is 0 Å². The second-order valence-electron chi connectivity index (χ2n) is 6.96. The molecule has 0 atom stereocenters. The molecule has 0 saturated heterocycles. The highest BCUT2D eigenvalue weighted by Gasteiger charge is 2.12. The van der Waals surface area contributed by atoms with Crippen molar-refractivity contribution in [2.24, 2.45) is 0 Å². The Morgan fingerprint density at radius 1 is 0.935 bits per heavy atom. The number of aromatic nitrogens is 1. The third-order valence-corrected chi connectivity index (χ3v) is 5.53. The van der Waals surface area contributed by atoms with Crippen molar-refractivity contribution in [2.75, 3.05) is 6.61 Å². The van der Waals surface area contributed by atoms with E-state index in [0.717, 1.165) is 31.5 Å². The first-order chi connectivity index (χ1) is 15.1. The minimum Gasteiger partial charge on any atom is -0.506 e. The third-order valence-electron chi connectivity index (χ3n) is 4.72. The predicted molar refractivity (Wildman–Crippen MR) is 133 cm³/mol. The molecule has 1 heterocycles. The Bertz CT molecular complexity index is 1220. The molecule has 5 heteroatoms. The number of ether oxygens (including phenoxy) is 2. The highest BCUT2D eigenvalue weighted by Crippen LogP contribution is 2.35. The Morgan fingerprint density at radius 3 is 2.58 bits per heavy atom. The maximum atomic E-state index is 10.1. The highest BCUT2D eigenvalue weighted by molar-refractivity contribution is 14.1. The smallest absolute Gasteiger partial charge is 0.175 e. The lowest BCUT2D eigenvalue weighted by Gasteiger charge is -2.15. The highest BCUT2D eigenvalue weighted by atomic mass is 127. The number of aromatic hydroxyl groups is 1. The van der Waals surface area contributed by atoms with Gasteiger partial charge in [-0.05, 0) is 71.0 Å². The largest absolute Gasteiger partial charge is 0.506 e. The molecule has 0 saturated carbocycles. The number of rotatable bonds is 7. The van der Waals surface area contributed by atoms with Gasteiger partial charge in [-0.25, -0.2) is 4.98 Å². The van der Waals surface area contributed by atoms with E-state index < -0.39 is 0 Å². The molecule has 1 N–H and O–H groups in total. The molecule has 0 bridgehead atoms. The summed E-state index contributed by atoms with van der Waals surface area (Å²) in [7, 11) is 0. The lowest BCUT2D eigenvalue weighted by atomic mass is 10.1. The molecule has 1 aromatic heterocycles. The van der Waals surface area contributed by atoms with Gasteiger partial charge in [0.15, 0.2) is 11.5 Å². The SMILES string of the molecule is CCOc1cc(/C=C/c2ccc3cccc(O)c3n2)cc(I)c1OCc1ccccc1. The number of phenols is 1. The molecule has 0 fully saturated rings. The van der Waals surface area contributed by atoms with Gasteiger partial charge in [-0.1, -0.05) is 54.6 Å². The van der Waals surface area contributed by atoms with Crippen LogP contribution in [0.3, 0.4) is 0 Å². The molecular weight excluding hydrogens is 501 g/mol. The summed E-state index contributed by atoms with van der Waals surface area (Å²) in [5, 5.41) is 11.0. The van der Waals surface area contributed by atoms with Crippen molar-refractivity contribution in [2.45, 2.75) is 13.5 Å². The molecule has 0 amide bonds. The summed E-state index contributed by atoms with van der Waals surface area (Å²) in [4.78, 5) is 4.56. The number of halogens is 1. The van der Waals surface area contributed by atoms with Crippen LogP contribution in [-0.2, 0) is 6.61 Å². The number of phenolic OH excluding ortho intramolecular Hbond substituents is 1. The van der Waals surface area contributed by atoms with Crippen molar-refractivity contribution in [3.63, 3.8) is 0 Å². The van der Waals surface area contributed by atoms with Crippen LogP contribution in [-0.4, -0.2) is 16.7 Å². The van der Waals surface area contributed by atoms with Crippen LogP contribution in [0.1, 0.15) is 23.7 Å². The zero-order valence-electron chi connectivity index (χ0n) is 17.1. The van der Waals surface area contributed by atoms with E-state index in [1.807, 2.05) is 79.7 Å². The lowest BCUT2D eigenvalue weighted by molar-refractivity contribution is 0.267. The van der Waals surface area contributed by atoms with Crippen LogP contribution in [0.15, 0.2) is 72.8 Å². The van der Waals surface area contributed by atoms with Gasteiger partial charge in [-0.3, -0.25) is 0 Å². The third kappa shape index (κ3) is 5.17. The molecule has 0 aliphatic rings. The molecule has 0 radical (unpaired) electrons. The van der Waals surface area contributed by atoms with E-state index in [4.69, 9.17) is 9.47 Å². The summed E-state index contributed by atoms with van der Waals surface area (Å²) in [6.07, 6.45) is 3.91. The van der Waals surface area contributed by atoms with Crippen LogP contribution >= 0.6 is 22.6 Å². The molecule has 4 nitrogen and oxygen atoms in total. The van der Waals surface area contributed by atoms with Gasteiger partial charge >= 0.3 is 0 Å². The van der Waals surface area contributed by atoms with Gasteiger partial charge in [0.05, 0.1) is 15.9 Å². The van der Waals surface area contributed by atoms with Gasteiger partial charge in [0.25, 0.3) is 0 Å². The summed E-state index contributed by atoms with van der Waals surface area (Å²) in [5.74, 6) is 1.65. The monoisotopic (exact) mass is 523 g/mol. The minimum absolute atomic E-state index is 0.181. The van der Waals surface area contributed by atoms with E-state index >= 15 is 0 Å². The number of hydrogen-bond donors (Lipinski definition) is 1. The second kappa shape index (κ2) is 9.83. The molecule has 0 spiro atoms. The average Bonchev–Trinajstić information content (AvgIpc) is 2.78. The van der Waals surface area contributed by atoms with Crippen molar-refractivity contribution >= 4 is 45.6 Å². The molecule has 0 aliphatic carbocycles. The van der Waals surface area contributed by atoms with E-state index in [9.17, 15) is 5.11 Å². The molecule has 156 valence electrons. The molecule has 4 rings (SSSR count). The van der Waals surface area contributed by atoms with Crippen LogP contribution in [0.4, 0.5) is 0 Å². The van der Waals surface area contributed by atoms with E-state index in [1.165, 1.54) is 0 Å². The van der Waals surface area contributed by atoms with Gasteiger partial charge in [-0.15, -0.1) is 0 Å². The lowest BCUT2D eigenvalue weighted by Crippen LogP contribution is -2.02. The predicted octanol–water partition coefficient (Wildman–Crippen LogP) is 6.69. The zero-order chi connectivity index (χ0) is 21.6. The van der Waals surface area contributed by atoms with E-state index in [-0.39, 0.29) is 5.75 Å². The van der Waals surface area contributed by atoms with E-state index in [1.54, 1.807) is 6.07 Å². The molecule has 31 heavy (non-hydrogen) atoms. The van der Waals surface area contributed by atoms with E-state index in [0.29, 0.717) is 24.5 Å². The molecule has 0 unspecified atom stereocenters. The number of nitrogens with zero attached hydrogens (tertiary/aromatic N) is 1. The molecule has 0 aliphatic heterocycles. The molecule has 3 aromatic carbocycles. The van der Waals surface area contributed by atoms with Crippen LogP contribution in [0.25, 0.3) is 23.1 Å². The van der Waals surface area contributed by atoms with Crippen LogP contribution < -0.4 is 9.47 Å². The van der Waals surface area contributed by atoms with E-state index in [2.05, 4.69) is 33.6 Å². The first kappa shape index (κ1) is 21.2. The summed E-state index contributed by atoms with van der Waals surface area (Å²) < 4.78 is 12.9. The average molecular weight is 523 g/mol. The normalized spacial score (nSPS) is 11.2.